The summed E-state index contributed by atoms with van der Waals surface area (Å²) in [5, 5.41) is 0. The molecule has 1 saturated heterocycles. The van der Waals surface area contributed by atoms with Crippen LogP contribution in [0.4, 0.5) is 0 Å². The molecule has 0 aromatic carbocycles. The number of ether oxygens (including phenoxy) is 2. The van der Waals surface area contributed by atoms with Gasteiger partial charge in [-0.2, -0.15) is 0 Å². The first-order valence-electron chi connectivity index (χ1n) is 3.91. The Bertz CT molecular complexity index is 168. The van der Waals surface area contributed by atoms with E-state index in [2.05, 4.69) is 0 Å². The molecule has 0 spiro atoms. The van der Waals surface area contributed by atoms with Crippen LogP contribution in [0.2, 0.25) is 0 Å². The van der Waals surface area contributed by atoms with E-state index >= 15 is 0 Å². The van der Waals surface area contributed by atoms with Crippen LogP contribution < -0.4 is 0 Å². The summed E-state index contributed by atoms with van der Waals surface area (Å²) in [6.07, 6.45) is -0.353. The van der Waals surface area contributed by atoms with Crippen LogP contribution in [0, 0.1) is 0 Å². The molecule has 4 heteroatoms. The number of esters is 1. The van der Waals surface area contributed by atoms with Crippen molar-refractivity contribution in [3.05, 3.63) is 0 Å². The minimum absolute atomic E-state index is 0.243. The van der Waals surface area contributed by atoms with E-state index in [-0.39, 0.29) is 12.1 Å². The summed E-state index contributed by atoms with van der Waals surface area (Å²) in [4.78, 5) is 11.3. The van der Waals surface area contributed by atoms with Crippen molar-refractivity contribution in [2.75, 3.05) is 11.7 Å². The molecule has 1 rings (SSSR count). The number of hydrogen-bond donors (Lipinski definition) is 0. The van der Waals surface area contributed by atoms with E-state index in [9.17, 15) is 4.79 Å². The first-order valence-corrected chi connectivity index (χ1v) is 5.07. The first kappa shape index (κ1) is 9.86. The lowest BCUT2D eigenvalue weighted by molar-refractivity contribution is -0.165. The lowest BCUT2D eigenvalue weighted by atomic mass is 10.2. The van der Waals surface area contributed by atoms with Crippen LogP contribution in [0.1, 0.15) is 20.8 Å². The second-order valence-corrected chi connectivity index (χ2v) is 4.65. The van der Waals surface area contributed by atoms with Crippen LogP contribution >= 0.6 is 11.8 Å². The molecule has 0 aliphatic carbocycles. The van der Waals surface area contributed by atoms with Crippen molar-refractivity contribution in [1.82, 2.24) is 0 Å². The zero-order valence-corrected chi connectivity index (χ0v) is 8.44. The van der Waals surface area contributed by atoms with Crippen molar-refractivity contribution in [2.45, 2.75) is 32.5 Å². The standard InChI is InChI=1S/C8H14O3S/c1-8(2,3)11-7(9)6-4-12-5-10-6/h6H,4-5H2,1-3H3. The molecule has 0 N–H and O–H groups in total. The van der Waals surface area contributed by atoms with Crippen LogP contribution in [0.3, 0.4) is 0 Å². The third kappa shape index (κ3) is 3.03. The maximum Gasteiger partial charge on any atom is 0.336 e. The van der Waals surface area contributed by atoms with Gasteiger partial charge in [-0.3, -0.25) is 0 Å². The van der Waals surface area contributed by atoms with Gasteiger partial charge < -0.3 is 9.47 Å². The van der Waals surface area contributed by atoms with E-state index in [1.165, 1.54) is 0 Å². The van der Waals surface area contributed by atoms with Gasteiger partial charge in [0.15, 0.2) is 6.10 Å². The Morgan fingerprint density at radius 1 is 1.58 bits per heavy atom. The maximum absolute atomic E-state index is 11.3. The molecule has 1 aliphatic rings. The zero-order valence-electron chi connectivity index (χ0n) is 7.62. The summed E-state index contributed by atoms with van der Waals surface area (Å²) in [5.41, 5.74) is -0.409. The molecular formula is C8H14O3S. The molecule has 0 saturated carbocycles. The lowest BCUT2D eigenvalue weighted by Crippen LogP contribution is -2.32. The lowest BCUT2D eigenvalue weighted by Gasteiger charge is -2.21. The van der Waals surface area contributed by atoms with Gasteiger partial charge in [0.05, 0.1) is 5.94 Å². The fraction of sp³-hybridized carbons (Fsp3) is 0.875. The SMILES string of the molecule is CC(C)(C)OC(=O)C1CSCO1. The molecule has 1 heterocycles. The quantitative estimate of drug-likeness (QED) is 0.586. The minimum Gasteiger partial charge on any atom is -0.458 e. The zero-order chi connectivity index (χ0) is 9.19. The predicted molar refractivity (Wildman–Crippen MR) is 48.0 cm³/mol. The second-order valence-electron chi connectivity index (χ2n) is 3.68. The average Bonchev–Trinajstić information content (AvgIpc) is 2.32. The number of carbonyl (C=O) groups is 1. The molecule has 0 bridgehead atoms. The highest BCUT2D eigenvalue weighted by molar-refractivity contribution is 7.99. The van der Waals surface area contributed by atoms with Crippen molar-refractivity contribution in [2.24, 2.45) is 0 Å². The highest BCUT2D eigenvalue weighted by atomic mass is 32.2. The Morgan fingerprint density at radius 2 is 2.25 bits per heavy atom. The Balaban J connectivity index is 2.37. The second kappa shape index (κ2) is 3.66. The van der Waals surface area contributed by atoms with Crippen LogP contribution in [0.5, 0.6) is 0 Å². The molecule has 1 aliphatic heterocycles. The molecule has 0 amide bonds. The Hall–Kier alpha value is -0.220. The molecule has 1 unspecified atom stereocenters. The van der Waals surface area contributed by atoms with Gasteiger partial charge in [0.1, 0.15) is 5.60 Å². The summed E-state index contributed by atoms with van der Waals surface area (Å²) >= 11 is 1.61. The largest absolute Gasteiger partial charge is 0.458 e. The summed E-state index contributed by atoms with van der Waals surface area (Å²) in [6, 6.07) is 0. The number of thioether (sulfide) groups is 1. The van der Waals surface area contributed by atoms with Crippen molar-refractivity contribution in [1.29, 1.82) is 0 Å². The van der Waals surface area contributed by atoms with Gasteiger partial charge >= 0.3 is 5.97 Å². The van der Waals surface area contributed by atoms with Gasteiger partial charge in [0, 0.05) is 5.75 Å². The van der Waals surface area contributed by atoms with E-state index in [1.807, 2.05) is 20.8 Å². The van der Waals surface area contributed by atoms with Gasteiger partial charge in [-0.25, -0.2) is 4.79 Å². The van der Waals surface area contributed by atoms with Crippen molar-refractivity contribution >= 4 is 17.7 Å². The summed E-state index contributed by atoms with van der Waals surface area (Å²) in [7, 11) is 0. The van der Waals surface area contributed by atoms with Gasteiger partial charge in [-0.05, 0) is 20.8 Å². The molecule has 0 aromatic rings. The molecule has 70 valence electrons. The number of carbonyl (C=O) groups excluding carboxylic acids is 1. The smallest absolute Gasteiger partial charge is 0.336 e. The van der Waals surface area contributed by atoms with E-state index in [0.29, 0.717) is 5.94 Å². The van der Waals surface area contributed by atoms with Crippen molar-refractivity contribution in [3.63, 3.8) is 0 Å². The number of rotatable bonds is 1. The molecule has 3 nitrogen and oxygen atoms in total. The third-order valence-corrected chi connectivity index (χ3v) is 2.13. The molecule has 12 heavy (non-hydrogen) atoms. The van der Waals surface area contributed by atoms with Crippen LogP contribution in [0.25, 0.3) is 0 Å². The maximum atomic E-state index is 11.3. The Morgan fingerprint density at radius 3 is 2.67 bits per heavy atom. The average molecular weight is 190 g/mol. The van der Waals surface area contributed by atoms with E-state index in [0.717, 1.165) is 5.75 Å². The van der Waals surface area contributed by atoms with Gasteiger partial charge in [0.25, 0.3) is 0 Å². The normalized spacial score (nSPS) is 24.1. The van der Waals surface area contributed by atoms with Gasteiger partial charge in [-0.15, -0.1) is 11.8 Å². The summed E-state index contributed by atoms with van der Waals surface area (Å²) in [5.74, 6) is 1.08. The van der Waals surface area contributed by atoms with Crippen LogP contribution in [0.15, 0.2) is 0 Å². The molecule has 0 aromatic heterocycles. The minimum atomic E-state index is -0.409. The van der Waals surface area contributed by atoms with Crippen molar-refractivity contribution < 1.29 is 14.3 Å². The Labute approximate surface area is 76.8 Å². The topological polar surface area (TPSA) is 35.5 Å². The fourth-order valence-electron chi connectivity index (χ4n) is 0.837. The van der Waals surface area contributed by atoms with Crippen molar-refractivity contribution in [3.8, 4) is 0 Å². The van der Waals surface area contributed by atoms with E-state index in [4.69, 9.17) is 9.47 Å². The van der Waals surface area contributed by atoms with Crippen LogP contribution in [-0.4, -0.2) is 29.4 Å². The van der Waals surface area contributed by atoms with Gasteiger partial charge in [0.2, 0.25) is 0 Å². The summed E-state index contributed by atoms with van der Waals surface area (Å²) < 4.78 is 10.3. The van der Waals surface area contributed by atoms with E-state index in [1.54, 1.807) is 11.8 Å². The number of hydrogen-bond acceptors (Lipinski definition) is 4. The first-order chi connectivity index (χ1) is 5.49. The molecular weight excluding hydrogens is 176 g/mol. The summed E-state index contributed by atoms with van der Waals surface area (Å²) in [6.45, 7) is 5.56. The predicted octanol–water partition coefficient (Wildman–Crippen LogP) is 1.42. The monoisotopic (exact) mass is 190 g/mol. The van der Waals surface area contributed by atoms with E-state index < -0.39 is 5.60 Å². The fourth-order valence-corrected chi connectivity index (χ4v) is 1.64. The van der Waals surface area contributed by atoms with Crippen LogP contribution in [-0.2, 0) is 14.3 Å². The Kier molecular flexibility index (Phi) is 3.01. The highest BCUT2D eigenvalue weighted by Crippen LogP contribution is 2.19. The highest BCUT2D eigenvalue weighted by Gasteiger charge is 2.28. The van der Waals surface area contributed by atoms with Gasteiger partial charge in [-0.1, -0.05) is 0 Å². The molecule has 1 fully saturated rings. The molecule has 1 atom stereocenters. The molecule has 0 radical (unpaired) electrons. The third-order valence-electron chi connectivity index (χ3n) is 1.29.